The van der Waals surface area contributed by atoms with Crippen LogP contribution in [0, 0.1) is 5.92 Å². The lowest BCUT2D eigenvalue weighted by atomic mass is 9.83. The van der Waals surface area contributed by atoms with Crippen molar-refractivity contribution in [2.75, 3.05) is 4.90 Å². The Morgan fingerprint density at radius 2 is 1.70 bits per heavy atom. The van der Waals surface area contributed by atoms with E-state index in [-0.39, 0.29) is 0 Å². The van der Waals surface area contributed by atoms with E-state index >= 15 is 0 Å². The summed E-state index contributed by atoms with van der Waals surface area (Å²) in [4.78, 5) is 2.62. The van der Waals surface area contributed by atoms with Crippen LogP contribution in [0.2, 0.25) is 0 Å². The Labute approximate surface area is 124 Å². The molecule has 0 aliphatic heterocycles. The van der Waals surface area contributed by atoms with E-state index in [2.05, 4.69) is 49.9 Å². The van der Waals surface area contributed by atoms with Crippen LogP contribution >= 0.6 is 0 Å². The first-order valence-corrected chi connectivity index (χ1v) is 8.23. The van der Waals surface area contributed by atoms with Gasteiger partial charge in [-0.25, -0.2) is 0 Å². The van der Waals surface area contributed by atoms with E-state index in [4.69, 9.17) is 5.73 Å². The Hall–Kier alpha value is -1.02. The predicted molar refractivity (Wildman–Crippen MR) is 88.0 cm³/mol. The summed E-state index contributed by atoms with van der Waals surface area (Å²) in [5.74, 6) is 0.958. The number of hydrogen-bond donors (Lipinski definition) is 1. The number of hydrogen-bond acceptors (Lipinski definition) is 2. The largest absolute Gasteiger partial charge is 0.366 e. The van der Waals surface area contributed by atoms with Gasteiger partial charge in [0.25, 0.3) is 0 Å². The number of anilines is 1. The van der Waals surface area contributed by atoms with Gasteiger partial charge in [0.15, 0.2) is 0 Å². The Balaban J connectivity index is 2.10. The molecule has 112 valence electrons. The molecule has 0 heterocycles. The van der Waals surface area contributed by atoms with Crippen molar-refractivity contribution in [3.05, 3.63) is 29.8 Å². The van der Waals surface area contributed by atoms with Crippen LogP contribution in [0.25, 0.3) is 0 Å². The van der Waals surface area contributed by atoms with E-state index in [9.17, 15) is 0 Å². The summed E-state index contributed by atoms with van der Waals surface area (Å²) in [7, 11) is 0. The molecule has 0 spiro atoms. The van der Waals surface area contributed by atoms with Crippen LogP contribution in [0.4, 0.5) is 5.69 Å². The first-order valence-electron chi connectivity index (χ1n) is 8.23. The average Bonchev–Trinajstić information content (AvgIpc) is 2.48. The molecular weight excluding hydrogens is 244 g/mol. The number of benzene rings is 1. The first kappa shape index (κ1) is 15.4. The molecule has 0 unspecified atom stereocenters. The molecule has 0 amide bonds. The molecule has 1 aliphatic carbocycles. The van der Waals surface area contributed by atoms with Crippen molar-refractivity contribution >= 4 is 5.69 Å². The number of nitrogens with zero attached hydrogens (tertiary/aromatic N) is 1. The molecule has 1 saturated carbocycles. The zero-order valence-electron chi connectivity index (χ0n) is 13.3. The average molecular weight is 274 g/mol. The first-order chi connectivity index (χ1) is 9.65. The minimum absolute atomic E-state index is 0.557. The van der Waals surface area contributed by atoms with Crippen LogP contribution in [0.15, 0.2) is 24.3 Å². The quantitative estimate of drug-likeness (QED) is 0.866. The Morgan fingerprint density at radius 3 is 2.15 bits per heavy atom. The van der Waals surface area contributed by atoms with Crippen molar-refractivity contribution in [1.82, 2.24) is 0 Å². The molecule has 0 aromatic heterocycles. The normalized spacial score (nSPS) is 23.1. The standard InChI is InChI=1S/C18H30N2/c1-4-15-5-9-17(10-6-15)20(14(2)3)18-11-7-16(13-19)8-12-18/h7-8,11-12,14-15,17H,4-6,9-10,13,19H2,1-3H3. The van der Waals surface area contributed by atoms with Crippen LogP contribution in [-0.4, -0.2) is 12.1 Å². The maximum Gasteiger partial charge on any atom is 0.0371 e. The minimum Gasteiger partial charge on any atom is -0.366 e. The summed E-state index contributed by atoms with van der Waals surface area (Å²) in [5.41, 5.74) is 8.27. The molecular formula is C18H30N2. The number of nitrogens with two attached hydrogens (primary N) is 1. The predicted octanol–water partition coefficient (Wildman–Crippen LogP) is 4.33. The molecule has 2 nitrogen and oxygen atoms in total. The van der Waals surface area contributed by atoms with Crippen LogP contribution in [-0.2, 0) is 6.54 Å². The molecule has 20 heavy (non-hydrogen) atoms. The monoisotopic (exact) mass is 274 g/mol. The maximum atomic E-state index is 5.70. The second kappa shape index (κ2) is 7.12. The van der Waals surface area contributed by atoms with E-state index in [0.717, 1.165) is 5.92 Å². The third kappa shape index (κ3) is 3.54. The minimum atomic E-state index is 0.557. The van der Waals surface area contributed by atoms with Crippen LogP contribution in [0.1, 0.15) is 58.4 Å². The number of rotatable bonds is 5. The van der Waals surface area contributed by atoms with Crippen molar-refractivity contribution in [3.63, 3.8) is 0 Å². The molecule has 0 bridgehead atoms. The highest BCUT2D eigenvalue weighted by molar-refractivity contribution is 5.49. The molecule has 2 rings (SSSR count). The summed E-state index contributed by atoms with van der Waals surface area (Å²) >= 11 is 0. The molecule has 1 aromatic carbocycles. The molecule has 0 atom stereocenters. The second-order valence-electron chi connectivity index (χ2n) is 6.45. The Kier molecular flexibility index (Phi) is 5.47. The van der Waals surface area contributed by atoms with Gasteiger partial charge in [0, 0.05) is 24.3 Å². The van der Waals surface area contributed by atoms with Gasteiger partial charge in [-0.3, -0.25) is 0 Å². The van der Waals surface area contributed by atoms with E-state index in [1.807, 2.05) is 0 Å². The molecule has 2 N–H and O–H groups in total. The van der Waals surface area contributed by atoms with E-state index in [1.165, 1.54) is 43.4 Å². The zero-order chi connectivity index (χ0) is 14.5. The lowest BCUT2D eigenvalue weighted by molar-refractivity contribution is 0.301. The van der Waals surface area contributed by atoms with E-state index in [0.29, 0.717) is 18.6 Å². The van der Waals surface area contributed by atoms with Crippen LogP contribution in [0.5, 0.6) is 0 Å². The lowest BCUT2D eigenvalue weighted by Gasteiger charge is -2.41. The van der Waals surface area contributed by atoms with Crippen molar-refractivity contribution in [2.24, 2.45) is 11.7 Å². The van der Waals surface area contributed by atoms with Gasteiger partial charge >= 0.3 is 0 Å². The second-order valence-corrected chi connectivity index (χ2v) is 6.45. The zero-order valence-corrected chi connectivity index (χ0v) is 13.3. The van der Waals surface area contributed by atoms with Gasteiger partial charge in [0.05, 0.1) is 0 Å². The third-order valence-corrected chi connectivity index (χ3v) is 4.81. The SMILES string of the molecule is CCC1CCC(N(c2ccc(CN)cc2)C(C)C)CC1. The summed E-state index contributed by atoms with van der Waals surface area (Å²) in [6, 6.07) is 10.1. The highest BCUT2D eigenvalue weighted by Crippen LogP contribution is 2.33. The van der Waals surface area contributed by atoms with E-state index in [1.54, 1.807) is 0 Å². The fraction of sp³-hybridized carbons (Fsp3) is 0.667. The third-order valence-electron chi connectivity index (χ3n) is 4.81. The van der Waals surface area contributed by atoms with E-state index < -0.39 is 0 Å². The summed E-state index contributed by atoms with van der Waals surface area (Å²) in [6.45, 7) is 7.58. The summed E-state index contributed by atoms with van der Waals surface area (Å²) < 4.78 is 0. The van der Waals surface area contributed by atoms with Crippen molar-refractivity contribution in [3.8, 4) is 0 Å². The smallest absolute Gasteiger partial charge is 0.0371 e. The molecule has 0 radical (unpaired) electrons. The topological polar surface area (TPSA) is 29.3 Å². The van der Waals surface area contributed by atoms with Crippen molar-refractivity contribution in [2.45, 2.75) is 71.5 Å². The molecule has 2 heteroatoms. The van der Waals surface area contributed by atoms with Gasteiger partial charge in [-0.2, -0.15) is 0 Å². The maximum absolute atomic E-state index is 5.70. The molecule has 1 aliphatic rings. The molecule has 0 saturated heterocycles. The van der Waals surface area contributed by atoms with Gasteiger partial charge in [-0.1, -0.05) is 25.5 Å². The van der Waals surface area contributed by atoms with Gasteiger partial charge in [-0.15, -0.1) is 0 Å². The van der Waals surface area contributed by atoms with Gasteiger partial charge in [-0.05, 0) is 63.1 Å². The Bertz CT molecular complexity index is 388. The highest BCUT2D eigenvalue weighted by atomic mass is 15.2. The van der Waals surface area contributed by atoms with Gasteiger partial charge in [0.1, 0.15) is 0 Å². The van der Waals surface area contributed by atoms with Gasteiger partial charge < -0.3 is 10.6 Å². The van der Waals surface area contributed by atoms with Crippen LogP contribution in [0.3, 0.4) is 0 Å². The highest BCUT2D eigenvalue weighted by Gasteiger charge is 2.26. The van der Waals surface area contributed by atoms with Crippen molar-refractivity contribution < 1.29 is 0 Å². The summed E-state index contributed by atoms with van der Waals surface area (Å²) in [5, 5.41) is 0. The van der Waals surface area contributed by atoms with Crippen molar-refractivity contribution in [1.29, 1.82) is 0 Å². The summed E-state index contributed by atoms with van der Waals surface area (Å²) in [6.07, 6.45) is 6.82. The Morgan fingerprint density at radius 1 is 1.10 bits per heavy atom. The van der Waals surface area contributed by atoms with Gasteiger partial charge in [0.2, 0.25) is 0 Å². The molecule has 1 aromatic rings. The van der Waals surface area contributed by atoms with Crippen LogP contribution < -0.4 is 10.6 Å². The fourth-order valence-corrected chi connectivity index (χ4v) is 3.57. The fourth-order valence-electron chi connectivity index (χ4n) is 3.57. The lowest BCUT2D eigenvalue weighted by Crippen LogP contribution is -2.42. The molecule has 1 fully saturated rings.